The van der Waals surface area contributed by atoms with Crippen molar-refractivity contribution in [3.8, 4) is 5.75 Å². The lowest BCUT2D eigenvalue weighted by molar-refractivity contribution is -0.114. The maximum absolute atomic E-state index is 11.1. The van der Waals surface area contributed by atoms with Crippen LogP contribution in [-0.2, 0) is 4.79 Å². The molecule has 0 saturated heterocycles. The molecular formula is C9H11BrN2O2. The van der Waals surface area contributed by atoms with Crippen LogP contribution in [0.4, 0.5) is 5.69 Å². The molecule has 3 N–H and O–H groups in total. The number of rotatable bonds is 3. The molecule has 0 unspecified atom stereocenters. The summed E-state index contributed by atoms with van der Waals surface area (Å²) >= 11 is 3.30. The fraction of sp³-hybridized carbons (Fsp3) is 0.222. The molecule has 1 rings (SSSR count). The number of nitrogens with one attached hydrogen (secondary N) is 1. The number of benzene rings is 1. The SMILES string of the molecule is COc1ccc(Br)cc1NC(=O)CN. The Morgan fingerprint density at radius 3 is 2.93 bits per heavy atom. The van der Waals surface area contributed by atoms with Gasteiger partial charge in [-0.3, -0.25) is 4.79 Å². The van der Waals surface area contributed by atoms with Crippen LogP contribution < -0.4 is 15.8 Å². The Balaban J connectivity index is 2.93. The molecule has 0 atom stereocenters. The molecule has 0 heterocycles. The van der Waals surface area contributed by atoms with Crippen molar-refractivity contribution in [3.05, 3.63) is 22.7 Å². The number of halogens is 1. The third kappa shape index (κ3) is 2.71. The van der Waals surface area contributed by atoms with Crippen LogP contribution >= 0.6 is 15.9 Å². The van der Waals surface area contributed by atoms with Gasteiger partial charge in [0.1, 0.15) is 5.75 Å². The van der Waals surface area contributed by atoms with Crippen molar-refractivity contribution in [1.82, 2.24) is 0 Å². The van der Waals surface area contributed by atoms with Gasteiger partial charge in [0.2, 0.25) is 5.91 Å². The Hall–Kier alpha value is -1.07. The fourth-order valence-corrected chi connectivity index (χ4v) is 1.34. The summed E-state index contributed by atoms with van der Waals surface area (Å²) in [6.45, 7) is -0.0460. The van der Waals surface area contributed by atoms with Crippen molar-refractivity contribution in [2.45, 2.75) is 0 Å². The zero-order chi connectivity index (χ0) is 10.6. The predicted octanol–water partition coefficient (Wildman–Crippen LogP) is 1.35. The highest BCUT2D eigenvalue weighted by Crippen LogP contribution is 2.27. The molecule has 0 bridgehead atoms. The van der Waals surface area contributed by atoms with Crippen LogP contribution in [0, 0.1) is 0 Å². The van der Waals surface area contributed by atoms with Gasteiger partial charge in [-0.05, 0) is 18.2 Å². The Morgan fingerprint density at radius 1 is 1.64 bits per heavy atom. The van der Waals surface area contributed by atoms with Crippen LogP contribution in [0.25, 0.3) is 0 Å². The molecule has 0 aliphatic heterocycles. The molecule has 1 amide bonds. The first-order valence-electron chi connectivity index (χ1n) is 4.01. The molecule has 0 spiro atoms. The summed E-state index contributed by atoms with van der Waals surface area (Å²) in [5.41, 5.74) is 5.79. The minimum atomic E-state index is -0.249. The molecule has 0 radical (unpaired) electrons. The van der Waals surface area contributed by atoms with E-state index in [0.717, 1.165) is 4.47 Å². The largest absolute Gasteiger partial charge is 0.495 e. The Bertz CT molecular complexity index is 342. The first-order chi connectivity index (χ1) is 6.67. The van der Waals surface area contributed by atoms with Gasteiger partial charge in [-0.1, -0.05) is 15.9 Å². The molecule has 0 aliphatic rings. The third-order valence-corrected chi connectivity index (χ3v) is 2.11. The highest BCUT2D eigenvalue weighted by Gasteiger charge is 2.06. The predicted molar refractivity (Wildman–Crippen MR) is 58.4 cm³/mol. The van der Waals surface area contributed by atoms with Crippen molar-refractivity contribution < 1.29 is 9.53 Å². The molecule has 5 heteroatoms. The summed E-state index contributed by atoms with van der Waals surface area (Å²) in [4.78, 5) is 11.1. The average molecular weight is 259 g/mol. The van der Waals surface area contributed by atoms with E-state index in [9.17, 15) is 4.79 Å². The van der Waals surface area contributed by atoms with Crippen LogP contribution in [0.15, 0.2) is 22.7 Å². The summed E-state index contributed by atoms with van der Waals surface area (Å²) in [5.74, 6) is 0.358. The van der Waals surface area contributed by atoms with E-state index in [-0.39, 0.29) is 12.5 Å². The van der Waals surface area contributed by atoms with Crippen LogP contribution in [0.5, 0.6) is 5.75 Å². The second-order valence-electron chi connectivity index (χ2n) is 2.60. The molecule has 1 aromatic rings. The first kappa shape index (κ1) is 11.0. The van der Waals surface area contributed by atoms with Gasteiger partial charge in [0.05, 0.1) is 19.3 Å². The lowest BCUT2D eigenvalue weighted by atomic mass is 10.3. The lowest BCUT2D eigenvalue weighted by Gasteiger charge is -2.09. The van der Waals surface area contributed by atoms with Gasteiger partial charge in [-0.25, -0.2) is 0 Å². The van der Waals surface area contributed by atoms with Crippen LogP contribution in [-0.4, -0.2) is 19.6 Å². The molecule has 4 nitrogen and oxygen atoms in total. The minimum Gasteiger partial charge on any atom is -0.495 e. The van der Waals surface area contributed by atoms with E-state index in [1.165, 1.54) is 0 Å². The number of nitrogens with two attached hydrogens (primary N) is 1. The highest BCUT2D eigenvalue weighted by atomic mass is 79.9. The van der Waals surface area contributed by atoms with Gasteiger partial charge in [0, 0.05) is 4.47 Å². The van der Waals surface area contributed by atoms with Crippen molar-refractivity contribution in [2.75, 3.05) is 19.0 Å². The third-order valence-electron chi connectivity index (χ3n) is 1.62. The molecule has 0 fully saturated rings. The highest BCUT2D eigenvalue weighted by molar-refractivity contribution is 9.10. The van der Waals surface area contributed by atoms with E-state index in [1.54, 1.807) is 19.2 Å². The normalized spacial score (nSPS) is 9.64. The van der Waals surface area contributed by atoms with E-state index < -0.39 is 0 Å². The zero-order valence-electron chi connectivity index (χ0n) is 7.71. The molecule has 1 aromatic carbocycles. The summed E-state index contributed by atoms with van der Waals surface area (Å²) in [6, 6.07) is 5.35. The van der Waals surface area contributed by atoms with Gasteiger partial charge in [0.15, 0.2) is 0 Å². The second kappa shape index (κ2) is 4.97. The number of ether oxygens (including phenoxy) is 1. The van der Waals surface area contributed by atoms with Crippen molar-refractivity contribution >= 4 is 27.5 Å². The summed E-state index contributed by atoms with van der Waals surface area (Å²) in [5, 5.41) is 2.63. The van der Waals surface area contributed by atoms with Gasteiger partial charge in [0.25, 0.3) is 0 Å². The molecule has 0 saturated carbocycles. The Labute approximate surface area is 90.6 Å². The van der Waals surface area contributed by atoms with Crippen LogP contribution in [0.1, 0.15) is 0 Å². The maximum atomic E-state index is 11.1. The van der Waals surface area contributed by atoms with E-state index in [4.69, 9.17) is 10.5 Å². The average Bonchev–Trinajstić information content (AvgIpc) is 2.18. The van der Waals surface area contributed by atoms with Crippen molar-refractivity contribution in [2.24, 2.45) is 5.73 Å². The number of anilines is 1. The molecule has 0 aliphatic carbocycles. The number of carbonyl (C=O) groups is 1. The number of hydrogen-bond acceptors (Lipinski definition) is 3. The quantitative estimate of drug-likeness (QED) is 0.861. The number of methoxy groups -OCH3 is 1. The van der Waals surface area contributed by atoms with E-state index in [2.05, 4.69) is 21.2 Å². The van der Waals surface area contributed by atoms with E-state index in [1.807, 2.05) is 6.07 Å². The van der Waals surface area contributed by atoms with Gasteiger partial charge in [-0.15, -0.1) is 0 Å². The number of carbonyl (C=O) groups excluding carboxylic acids is 1. The van der Waals surface area contributed by atoms with Gasteiger partial charge >= 0.3 is 0 Å². The number of hydrogen-bond donors (Lipinski definition) is 2. The lowest BCUT2D eigenvalue weighted by Crippen LogP contribution is -2.22. The molecule has 14 heavy (non-hydrogen) atoms. The maximum Gasteiger partial charge on any atom is 0.238 e. The van der Waals surface area contributed by atoms with Crippen molar-refractivity contribution in [1.29, 1.82) is 0 Å². The van der Waals surface area contributed by atoms with Crippen molar-refractivity contribution in [3.63, 3.8) is 0 Å². The summed E-state index contributed by atoms with van der Waals surface area (Å²) in [7, 11) is 1.54. The molecular weight excluding hydrogens is 248 g/mol. The molecule has 76 valence electrons. The summed E-state index contributed by atoms with van der Waals surface area (Å²) in [6.07, 6.45) is 0. The minimum absolute atomic E-state index is 0.0460. The van der Waals surface area contributed by atoms with E-state index in [0.29, 0.717) is 11.4 Å². The van der Waals surface area contributed by atoms with Gasteiger partial charge < -0.3 is 15.8 Å². The monoisotopic (exact) mass is 258 g/mol. The first-order valence-corrected chi connectivity index (χ1v) is 4.80. The van der Waals surface area contributed by atoms with Crippen LogP contribution in [0.2, 0.25) is 0 Å². The Kier molecular flexibility index (Phi) is 3.91. The topological polar surface area (TPSA) is 64.3 Å². The van der Waals surface area contributed by atoms with Gasteiger partial charge in [-0.2, -0.15) is 0 Å². The second-order valence-corrected chi connectivity index (χ2v) is 3.51. The van der Waals surface area contributed by atoms with Crippen LogP contribution in [0.3, 0.4) is 0 Å². The summed E-state index contributed by atoms with van der Waals surface area (Å²) < 4.78 is 5.94. The fourth-order valence-electron chi connectivity index (χ4n) is 0.979. The Morgan fingerprint density at radius 2 is 2.36 bits per heavy atom. The smallest absolute Gasteiger partial charge is 0.238 e. The molecule has 0 aromatic heterocycles. The zero-order valence-corrected chi connectivity index (χ0v) is 9.30. The van der Waals surface area contributed by atoms with E-state index >= 15 is 0 Å². The number of amides is 1. The standard InChI is InChI=1S/C9H11BrN2O2/c1-14-8-3-2-6(10)4-7(8)12-9(13)5-11/h2-4H,5,11H2,1H3,(H,12,13).